The molecule has 0 unspecified atom stereocenters. The van der Waals surface area contributed by atoms with E-state index >= 15 is 0 Å². The van der Waals surface area contributed by atoms with Gasteiger partial charge in [-0.2, -0.15) is 0 Å². The third kappa shape index (κ3) is 3.64. The van der Waals surface area contributed by atoms with Crippen LogP contribution >= 0.6 is 0 Å². The molecule has 0 saturated carbocycles. The molecular formula is C47H29BN4. The SMILES string of the molecule is c1ccc(-c2ccccc2B2c3cc4c5ccccc5n(-c5ccccc5)c4cc3-n3c4c2ccc2cccc(c24)n2c4ccccc4nc32)cc1. The van der Waals surface area contributed by atoms with Crippen molar-refractivity contribution in [2.45, 2.75) is 0 Å². The lowest BCUT2D eigenvalue weighted by molar-refractivity contribution is 1.07. The Morgan fingerprint density at radius 1 is 0.462 bits per heavy atom. The molecule has 1 aliphatic rings. The van der Waals surface area contributed by atoms with E-state index in [9.17, 15) is 0 Å². The number of fused-ring (bicyclic) bond motifs is 10. The fraction of sp³-hybridized carbons (Fsp3) is 0. The second-order valence-electron chi connectivity index (χ2n) is 14.0. The second-order valence-corrected chi connectivity index (χ2v) is 14.0. The Morgan fingerprint density at radius 2 is 1.19 bits per heavy atom. The lowest BCUT2D eigenvalue weighted by Gasteiger charge is -2.31. The van der Waals surface area contributed by atoms with E-state index in [2.05, 4.69) is 189 Å². The summed E-state index contributed by atoms with van der Waals surface area (Å²) in [5.74, 6) is 0.923. The molecule has 3 aromatic heterocycles. The van der Waals surface area contributed by atoms with Gasteiger partial charge >= 0.3 is 0 Å². The zero-order valence-electron chi connectivity index (χ0n) is 28.1. The summed E-state index contributed by atoms with van der Waals surface area (Å²) >= 11 is 0. The molecule has 4 heterocycles. The third-order valence-electron chi connectivity index (χ3n) is 11.3. The summed E-state index contributed by atoms with van der Waals surface area (Å²) in [6, 6.07) is 64.3. The lowest BCUT2D eigenvalue weighted by Crippen LogP contribution is -2.57. The molecule has 11 aromatic rings. The van der Waals surface area contributed by atoms with Crippen LogP contribution < -0.4 is 16.4 Å². The number of nitrogens with zero attached hydrogens (tertiary/aromatic N) is 4. The van der Waals surface area contributed by atoms with Gasteiger partial charge in [0.25, 0.3) is 0 Å². The smallest absolute Gasteiger partial charge is 0.247 e. The van der Waals surface area contributed by atoms with Gasteiger partial charge in [0.1, 0.15) is 0 Å². The van der Waals surface area contributed by atoms with Crippen LogP contribution in [-0.2, 0) is 0 Å². The molecule has 0 spiro atoms. The molecule has 1 aliphatic heterocycles. The fourth-order valence-corrected chi connectivity index (χ4v) is 9.18. The van der Waals surface area contributed by atoms with Gasteiger partial charge in [-0.05, 0) is 69.9 Å². The first-order valence-electron chi connectivity index (χ1n) is 17.9. The number of benzene rings is 8. The molecule has 0 bridgehead atoms. The first kappa shape index (κ1) is 27.9. The molecule has 0 amide bonds. The summed E-state index contributed by atoms with van der Waals surface area (Å²) in [6.07, 6.45) is 0. The summed E-state index contributed by atoms with van der Waals surface area (Å²) in [5, 5.41) is 4.97. The van der Waals surface area contributed by atoms with Crippen LogP contribution in [-0.4, -0.2) is 25.2 Å². The number of imidazole rings is 1. The van der Waals surface area contributed by atoms with Gasteiger partial charge in [0.15, 0.2) is 0 Å². The minimum absolute atomic E-state index is 0.0192. The predicted molar refractivity (Wildman–Crippen MR) is 218 cm³/mol. The van der Waals surface area contributed by atoms with Crippen molar-refractivity contribution in [3.8, 4) is 22.5 Å². The highest BCUT2D eigenvalue weighted by Crippen LogP contribution is 2.38. The monoisotopic (exact) mass is 660 g/mol. The van der Waals surface area contributed by atoms with Crippen LogP contribution in [0.4, 0.5) is 0 Å². The van der Waals surface area contributed by atoms with E-state index < -0.39 is 0 Å². The lowest BCUT2D eigenvalue weighted by atomic mass is 9.34. The van der Waals surface area contributed by atoms with Gasteiger partial charge in [-0.3, -0.25) is 8.97 Å². The molecule has 240 valence electrons. The average molecular weight is 661 g/mol. The number of aromatic nitrogens is 4. The summed E-state index contributed by atoms with van der Waals surface area (Å²) in [6.45, 7) is -0.0192. The Labute approximate surface area is 299 Å². The van der Waals surface area contributed by atoms with E-state index in [1.807, 2.05) is 0 Å². The van der Waals surface area contributed by atoms with Crippen LogP contribution in [0.3, 0.4) is 0 Å². The third-order valence-corrected chi connectivity index (χ3v) is 11.3. The Kier molecular flexibility index (Phi) is 5.55. The van der Waals surface area contributed by atoms with Crippen LogP contribution in [0.25, 0.3) is 82.9 Å². The van der Waals surface area contributed by atoms with E-state index in [1.165, 1.54) is 71.1 Å². The molecule has 0 fully saturated rings. The molecule has 0 radical (unpaired) electrons. The average Bonchev–Trinajstić information content (AvgIpc) is 3.76. The van der Waals surface area contributed by atoms with Crippen molar-refractivity contribution in [2.24, 2.45) is 0 Å². The molecule has 0 aliphatic carbocycles. The standard InChI is InChI=1S/C47H29BN4/c1-3-14-30(15-4-1)33-19-7-9-21-36(33)48-37-27-26-31-16-13-25-42-45(31)46(37)52(47-49-39-22-10-12-24-41(39)51(42)47)44-29-43-35(28-38(44)48)34-20-8-11-23-40(34)50(43)32-17-5-2-6-18-32/h1-29H. The van der Waals surface area contributed by atoms with Crippen molar-refractivity contribution in [3.05, 3.63) is 176 Å². The predicted octanol–water partition coefficient (Wildman–Crippen LogP) is 9.18. The Bertz CT molecular complexity index is 3240. The van der Waals surface area contributed by atoms with E-state index in [-0.39, 0.29) is 6.71 Å². The van der Waals surface area contributed by atoms with Crippen molar-refractivity contribution in [2.75, 3.05) is 0 Å². The number of rotatable bonds is 3. The van der Waals surface area contributed by atoms with Crippen molar-refractivity contribution in [1.29, 1.82) is 0 Å². The highest BCUT2D eigenvalue weighted by molar-refractivity contribution is 6.99. The molecule has 52 heavy (non-hydrogen) atoms. The van der Waals surface area contributed by atoms with Gasteiger partial charge in [0.05, 0.1) is 33.1 Å². The molecular weight excluding hydrogens is 631 g/mol. The Hall–Kier alpha value is -6.85. The zero-order valence-corrected chi connectivity index (χ0v) is 28.1. The molecule has 0 N–H and O–H groups in total. The minimum Gasteiger partial charge on any atom is -0.309 e. The summed E-state index contributed by atoms with van der Waals surface area (Å²) in [4.78, 5) is 5.41. The highest BCUT2D eigenvalue weighted by atomic mass is 15.2. The van der Waals surface area contributed by atoms with E-state index in [0.29, 0.717) is 0 Å². The van der Waals surface area contributed by atoms with E-state index in [1.54, 1.807) is 0 Å². The highest BCUT2D eigenvalue weighted by Gasteiger charge is 2.36. The van der Waals surface area contributed by atoms with Gasteiger partial charge in [-0.25, -0.2) is 4.98 Å². The van der Waals surface area contributed by atoms with Crippen LogP contribution in [0.5, 0.6) is 0 Å². The summed E-state index contributed by atoms with van der Waals surface area (Å²) < 4.78 is 7.26. The van der Waals surface area contributed by atoms with Gasteiger partial charge in [-0.1, -0.05) is 139 Å². The maximum Gasteiger partial charge on any atom is 0.247 e. The van der Waals surface area contributed by atoms with Crippen molar-refractivity contribution >= 4 is 83.5 Å². The van der Waals surface area contributed by atoms with Gasteiger partial charge in [0, 0.05) is 27.5 Å². The van der Waals surface area contributed by atoms with Crippen LogP contribution in [0.15, 0.2) is 176 Å². The van der Waals surface area contributed by atoms with Gasteiger partial charge < -0.3 is 4.57 Å². The maximum atomic E-state index is 5.41. The second kappa shape index (κ2) is 10.3. The van der Waals surface area contributed by atoms with Crippen LogP contribution in [0, 0.1) is 0 Å². The Balaban J connectivity index is 1.32. The topological polar surface area (TPSA) is 27.2 Å². The molecule has 8 aromatic carbocycles. The van der Waals surface area contributed by atoms with Crippen molar-refractivity contribution < 1.29 is 0 Å². The quantitative estimate of drug-likeness (QED) is 0.174. The van der Waals surface area contributed by atoms with Gasteiger partial charge in [0.2, 0.25) is 12.5 Å². The first-order valence-corrected chi connectivity index (χ1v) is 17.9. The van der Waals surface area contributed by atoms with Crippen molar-refractivity contribution in [1.82, 2.24) is 18.5 Å². The first-order chi connectivity index (χ1) is 25.8. The number of hydrogen-bond acceptors (Lipinski definition) is 1. The normalized spacial score (nSPS) is 12.6. The van der Waals surface area contributed by atoms with Crippen LogP contribution in [0.1, 0.15) is 0 Å². The summed E-state index contributed by atoms with van der Waals surface area (Å²) in [7, 11) is 0. The van der Waals surface area contributed by atoms with E-state index in [4.69, 9.17) is 4.98 Å². The number of hydrogen-bond donors (Lipinski definition) is 0. The molecule has 0 atom stereocenters. The van der Waals surface area contributed by atoms with Crippen molar-refractivity contribution in [3.63, 3.8) is 0 Å². The minimum atomic E-state index is -0.0192. The molecule has 4 nitrogen and oxygen atoms in total. The molecule has 12 rings (SSSR count). The van der Waals surface area contributed by atoms with E-state index in [0.717, 1.165) is 28.2 Å². The summed E-state index contributed by atoms with van der Waals surface area (Å²) in [5.41, 5.74) is 15.5. The number of para-hydroxylation sites is 4. The zero-order chi connectivity index (χ0) is 33.9. The van der Waals surface area contributed by atoms with Gasteiger partial charge in [-0.15, -0.1) is 0 Å². The fourth-order valence-electron chi connectivity index (χ4n) is 9.18. The van der Waals surface area contributed by atoms with Crippen LogP contribution in [0.2, 0.25) is 0 Å². The Morgan fingerprint density at radius 3 is 2.08 bits per heavy atom. The largest absolute Gasteiger partial charge is 0.309 e. The molecule has 5 heteroatoms. The molecule has 0 saturated heterocycles. The maximum absolute atomic E-state index is 5.41.